The first-order chi connectivity index (χ1) is 7.86. The van der Waals surface area contributed by atoms with Gasteiger partial charge in [-0.25, -0.2) is 4.18 Å². The summed E-state index contributed by atoms with van der Waals surface area (Å²) in [6.45, 7) is 0. The van der Waals surface area contributed by atoms with E-state index in [0.29, 0.717) is 0 Å². The molecule has 0 bridgehead atoms. The Kier molecular flexibility index (Phi) is 4.44. The van der Waals surface area contributed by atoms with Crippen molar-refractivity contribution in [3.05, 3.63) is 34.4 Å². The van der Waals surface area contributed by atoms with Crippen molar-refractivity contribution in [2.24, 2.45) is 0 Å². The molecule has 1 atom stereocenters. The van der Waals surface area contributed by atoms with Gasteiger partial charge in [-0.15, -0.1) is 6.42 Å². The van der Waals surface area contributed by atoms with E-state index in [-0.39, 0.29) is 10.6 Å². The molecule has 0 aromatic heterocycles. The Labute approximate surface area is 111 Å². The number of nitro groups is 1. The minimum atomic E-state index is -3.99. The molecule has 0 aliphatic rings. The second kappa shape index (κ2) is 5.44. The van der Waals surface area contributed by atoms with Gasteiger partial charge in [0.05, 0.1) is 9.82 Å². The second-order valence-corrected chi connectivity index (χ2v) is 5.49. The molecule has 0 aliphatic heterocycles. The summed E-state index contributed by atoms with van der Waals surface area (Å²) in [5.41, 5.74) is -0.202. The summed E-state index contributed by atoms with van der Waals surface area (Å²) in [5, 5.41) is 10.4. The third-order valence-electron chi connectivity index (χ3n) is 1.68. The Morgan fingerprint density at radius 1 is 1.41 bits per heavy atom. The van der Waals surface area contributed by atoms with Crippen LogP contribution in [0.4, 0.5) is 5.69 Å². The lowest BCUT2D eigenvalue weighted by atomic mass is 10.3. The number of hydrogen-bond donors (Lipinski definition) is 0. The molecule has 1 rings (SSSR count). The summed E-state index contributed by atoms with van der Waals surface area (Å²) in [4.78, 5) is 9.58. The van der Waals surface area contributed by atoms with Crippen molar-refractivity contribution in [1.29, 1.82) is 0 Å². The first kappa shape index (κ1) is 13.9. The molecule has 0 saturated heterocycles. The zero-order valence-electron chi connectivity index (χ0n) is 8.24. The monoisotopic (exact) mass is 367 g/mol. The van der Waals surface area contributed by atoms with Gasteiger partial charge < -0.3 is 0 Å². The van der Waals surface area contributed by atoms with E-state index in [1.165, 1.54) is 0 Å². The number of rotatable bonds is 4. The standard InChI is InChI=1S/C9H6INO5S/c1-2-9(10)16-17(14,15)8-5-3-7(4-6-8)11(12)13/h1,3-6,9H. The molecule has 0 spiro atoms. The van der Waals surface area contributed by atoms with Crippen molar-refractivity contribution in [3.8, 4) is 12.3 Å². The average molecular weight is 367 g/mol. The van der Waals surface area contributed by atoms with E-state index in [0.717, 1.165) is 24.3 Å². The van der Waals surface area contributed by atoms with Gasteiger partial charge in [0.1, 0.15) is 0 Å². The lowest BCUT2D eigenvalue weighted by Crippen LogP contribution is -2.11. The lowest BCUT2D eigenvalue weighted by molar-refractivity contribution is -0.384. The summed E-state index contributed by atoms with van der Waals surface area (Å²) in [5.74, 6) is 2.10. The normalized spacial score (nSPS) is 12.7. The Hall–Kier alpha value is -1.18. The molecule has 0 N–H and O–H groups in total. The first-order valence-corrected chi connectivity index (χ1v) is 6.80. The van der Waals surface area contributed by atoms with Crippen LogP contribution in [-0.2, 0) is 14.3 Å². The van der Waals surface area contributed by atoms with Crippen LogP contribution in [0.2, 0.25) is 0 Å². The molecule has 0 amide bonds. The summed E-state index contributed by atoms with van der Waals surface area (Å²) >= 11 is 1.63. The Balaban J connectivity index is 3.01. The number of hydrogen-bond acceptors (Lipinski definition) is 5. The number of terminal acetylenes is 1. The highest BCUT2D eigenvalue weighted by Crippen LogP contribution is 2.19. The molecule has 0 fully saturated rings. The number of non-ortho nitro benzene ring substituents is 1. The predicted molar refractivity (Wildman–Crippen MR) is 68.0 cm³/mol. The summed E-state index contributed by atoms with van der Waals surface area (Å²) < 4.78 is 26.9. The molecule has 1 unspecified atom stereocenters. The smallest absolute Gasteiger partial charge is 0.258 e. The Morgan fingerprint density at radius 3 is 2.35 bits per heavy atom. The van der Waals surface area contributed by atoms with Gasteiger partial charge in [-0.3, -0.25) is 10.1 Å². The van der Waals surface area contributed by atoms with Crippen molar-refractivity contribution >= 4 is 38.4 Å². The first-order valence-electron chi connectivity index (χ1n) is 4.15. The fourth-order valence-electron chi connectivity index (χ4n) is 0.929. The molecule has 0 radical (unpaired) electrons. The van der Waals surface area contributed by atoms with Crippen molar-refractivity contribution in [2.75, 3.05) is 0 Å². The molecule has 1 aromatic carbocycles. The zero-order valence-corrected chi connectivity index (χ0v) is 11.2. The molecule has 0 saturated carbocycles. The van der Waals surface area contributed by atoms with Crippen LogP contribution < -0.4 is 0 Å². The molecule has 0 heterocycles. The molecule has 90 valence electrons. The van der Waals surface area contributed by atoms with Crippen LogP contribution in [0.25, 0.3) is 0 Å². The third-order valence-corrected chi connectivity index (χ3v) is 3.93. The summed E-state index contributed by atoms with van der Waals surface area (Å²) in [7, 11) is -3.99. The van der Waals surface area contributed by atoms with Crippen LogP contribution >= 0.6 is 22.6 Å². The molecule has 17 heavy (non-hydrogen) atoms. The molecule has 6 nitrogen and oxygen atoms in total. The number of alkyl halides is 1. The zero-order chi connectivity index (χ0) is 13.1. The van der Waals surface area contributed by atoms with E-state index in [9.17, 15) is 18.5 Å². The van der Waals surface area contributed by atoms with Gasteiger partial charge in [0.25, 0.3) is 15.8 Å². The van der Waals surface area contributed by atoms with Crippen LogP contribution in [0.15, 0.2) is 29.2 Å². The molecular weight excluding hydrogens is 361 g/mol. The minimum Gasteiger partial charge on any atom is -0.258 e. The maximum absolute atomic E-state index is 11.6. The fraction of sp³-hybridized carbons (Fsp3) is 0.111. The third kappa shape index (κ3) is 3.65. The van der Waals surface area contributed by atoms with E-state index >= 15 is 0 Å². The number of halogens is 1. The van der Waals surface area contributed by atoms with Crippen LogP contribution in [-0.4, -0.2) is 17.5 Å². The van der Waals surface area contributed by atoms with E-state index in [1.807, 2.05) is 0 Å². The van der Waals surface area contributed by atoms with Crippen LogP contribution in [0, 0.1) is 22.5 Å². The van der Waals surface area contributed by atoms with Crippen LogP contribution in [0.1, 0.15) is 0 Å². The maximum Gasteiger partial charge on any atom is 0.298 e. The topological polar surface area (TPSA) is 86.5 Å². The molecule has 8 heteroatoms. The Bertz CT molecular complexity index is 560. The lowest BCUT2D eigenvalue weighted by Gasteiger charge is -2.06. The average Bonchev–Trinajstić information content (AvgIpc) is 2.28. The number of nitro benzene ring substituents is 1. The van der Waals surface area contributed by atoms with Gasteiger partial charge in [-0.05, 0) is 34.7 Å². The molecular formula is C9H6INO5S. The molecule has 1 aromatic rings. The van der Waals surface area contributed by atoms with E-state index < -0.39 is 19.2 Å². The second-order valence-electron chi connectivity index (χ2n) is 2.78. The SMILES string of the molecule is C#CC(I)OS(=O)(=O)c1ccc([N+](=O)[O-])cc1. The highest BCUT2D eigenvalue weighted by atomic mass is 127. The van der Waals surface area contributed by atoms with Gasteiger partial charge in [0, 0.05) is 12.1 Å². The molecule has 0 aliphatic carbocycles. The highest BCUT2D eigenvalue weighted by molar-refractivity contribution is 14.1. The van der Waals surface area contributed by atoms with Gasteiger partial charge >= 0.3 is 0 Å². The predicted octanol–water partition coefficient (Wildman–Crippen LogP) is 1.69. The minimum absolute atomic E-state index is 0.181. The number of nitrogens with zero attached hydrogens (tertiary/aromatic N) is 1. The fourth-order valence-corrected chi connectivity index (χ4v) is 2.61. The Morgan fingerprint density at radius 2 is 1.94 bits per heavy atom. The van der Waals surface area contributed by atoms with Gasteiger partial charge in [-0.2, -0.15) is 8.42 Å². The van der Waals surface area contributed by atoms with Crippen molar-refractivity contribution in [2.45, 2.75) is 9.01 Å². The number of benzene rings is 1. The summed E-state index contributed by atoms with van der Waals surface area (Å²) in [6.07, 6.45) is 4.98. The van der Waals surface area contributed by atoms with E-state index in [1.54, 1.807) is 22.6 Å². The van der Waals surface area contributed by atoms with Gasteiger partial charge in [-0.1, -0.05) is 5.92 Å². The largest absolute Gasteiger partial charge is 0.298 e. The van der Waals surface area contributed by atoms with Crippen molar-refractivity contribution < 1.29 is 17.5 Å². The van der Waals surface area contributed by atoms with Crippen molar-refractivity contribution in [1.82, 2.24) is 0 Å². The van der Waals surface area contributed by atoms with Gasteiger partial charge in [0.2, 0.25) is 0 Å². The quantitative estimate of drug-likeness (QED) is 0.202. The van der Waals surface area contributed by atoms with E-state index in [2.05, 4.69) is 10.1 Å². The maximum atomic E-state index is 11.6. The van der Waals surface area contributed by atoms with E-state index in [4.69, 9.17) is 6.42 Å². The van der Waals surface area contributed by atoms with Crippen LogP contribution in [0.5, 0.6) is 0 Å². The van der Waals surface area contributed by atoms with Crippen molar-refractivity contribution in [3.63, 3.8) is 0 Å². The van der Waals surface area contributed by atoms with Gasteiger partial charge in [0.15, 0.2) is 4.11 Å². The highest BCUT2D eigenvalue weighted by Gasteiger charge is 2.19. The summed E-state index contributed by atoms with van der Waals surface area (Å²) in [6, 6.07) is 4.34. The van der Waals surface area contributed by atoms with Crippen LogP contribution in [0.3, 0.4) is 0 Å².